The van der Waals surface area contributed by atoms with Crippen LogP contribution in [0.4, 0.5) is 11.4 Å². The highest BCUT2D eigenvalue weighted by atomic mass is 16.2. The first-order valence-electron chi connectivity index (χ1n) is 11.7. The Morgan fingerprint density at radius 2 is 1.58 bits per heavy atom. The van der Waals surface area contributed by atoms with E-state index in [9.17, 15) is 14.4 Å². The first-order chi connectivity index (χ1) is 15.7. The van der Waals surface area contributed by atoms with Crippen molar-refractivity contribution in [1.29, 1.82) is 0 Å². The smallest absolute Gasteiger partial charge is 0.320 e. The molecular weight excluding hydrogens is 414 g/mol. The highest BCUT2D eigenvalue weighted by molar-refractivity contribution is 6.42. The fourth-order valence-corrected chi connectivity index (χ4v) is 4.42. The fourth-order valence-electron chi connectivity index (χ4n) is 4.42. The molecule has 1 N–H and O–H groups in total. The number of nitrogens with one attached hydrogen (secondary N) is 1. The third kappa shape index (κ3) is 6.08. The lowest BCUT2D eigenvalue weighted by atomic mass is 9.88. The van der Waals surface area contributed by atoms with Crippen LogP contribution in [0.25, 0.3) is 0 Å². The van der Waals surface area contributed by atoms with Crippen LogP contribution in [0.2, 0.25) is 0 Å². The molecular formula is C27H35N3O3. The number of nitrogens with zero attached hydrogens (tertiary/aromatic N) is 2. The summed E-state index contributed by atoms with van der Waals surface area (Å²) in [6.45, 7) is 8.84. The van der Waals surface area contributed by atoms with Crippen LogP contribution < -0.4 is 10.2 Å². The van der Waals surface area contributed by atoms with Crippen molar-refractivity contribution in [1.82, 2.24) is 10.2 Å². The normalized spacial score (nSPS) is 15.2. The van der Waals surface area contributed by atoms with Crippen LogP contribution in [0, 0.1) is 5.92 Å². The first-order valence-corrected chi connectivity index (χ1v) is 11.7. The van der Waals surface area contributed by atoms with Crippen LogP contribution in [0.3, 0.4) is 0 Å². The summed E-state index contributed by atoms with van der Waals surface area (Å²) in [5.74, 6) is -0.933. The van der Waals surface area contributed by atoms with Crippen molar-refractivity contribution in [3.8, 4) is 0 Å². The summed E-state index contributed by atoms with van der Waals surface area (Å²) in [6.07, 6.45) is 3.45. The maximum absolute atomic E-state index is 13.3. The van der Waals surface area contributed by atoms with E-state index < -0.39 is 11.8 Å². The van der Waals surface area contributed by atoms with Crippen molar-refractivity contribution in [3.63, 3.8) is 0 Å². The standard InChI is InChI=1S/C27H35N3O3/c1-27(2,3)29-18-16-20(17-19-29)14-15-24(31)22-12-8-9-13-23(22)30(26(33)25(32)28-4)21-10-6-5-7-11-21/h5-13,20H,14-19H2,1-4H3,(H,28,32). The van der Waals surface area contributed by atoms with Gasteiger partial charge in [0.05, 0.1) is 5.69 Å². The van der Waals surface area contributed by atoms with Crippen LogP contribution in [0.5, 0.6) is 0 Å². The summed E-state index contributed by atoms with van der Waals surface area (Å²) in [6, 6.07) is 16.0. The number of hydrogen-bond acceptors (Lipinski definition) is 4. The second-order valence-electron chi connectivity index (χ2n) is 9.64. The summed E-state index contributed by atoms with van der Waals surface area (Å²) in [7, 11) is 1.42. The molecule has 6 heteroatoms. The van der Waals surface area contributed by atoms with Crippen molar-refractivity contribution in [2.24, 2.45) is 5.92 Å². The van der Waals surface area contributed by atoms with E-state index in [0.717, 1.165) is 32.4 Å². The van der Waals surface area contributed by atoms with E-state index in [1.807, 2.05) is 6.07 Å². The van der Waals surface area contributed by atoms with Gasteiger partial charge in [-0.05, 0) is 83.3 Å². The monoisotopic (exact) mass is 449 g/mol. The minimum Gasteiger partial charge on any atom is -0.351 e. The lowest BCUT2D eigenvalue weighted by Gasteiger charge is -2.41. The Labute approximate surface area is 197 Å². The topological polar surface area (TPSA) is 69.7 Å². The molecule has 0 unspecified atom stereocenters. The molecule has 3 rings (SSSR count). The molecule has 0 radical (unpaired) electrons. The Morgan fingerprint density at radius 3 is 2.18 bits per heavy atom. The van der Waals surface area contributed by atoms with Crippen LogP contribution in [-0.2, 0) is 9.59 Å². The first kappa shape index (κ1) is 24.6. The zero-order chi connectivity index (χ0) is 24.0. The maximum atomic E-state index is 13.3. The SMILES string of the molecule is CNC(=O)C(=O)N(c1ccccc1)c1ccccc1C(=O)CCC1CCN(C(C)(C)C)CC1. The van der Waals surface area contributed by atoms with Gasteiger partial charge >= 0.3 is 11.8 Å². The minimum atomic E-state index is -0.730. The van der Waals surface area contributed by atoms with E-state index in [-0.39, 0.29) is 11.3 Å². The summed E-state index contributed by atoms with van der Waals surface area (Å²) in [4.78, 5) is 42.3. The van der Waals surface area contributed by atoms with Crippen LogP contribution in [-0.4, -0.2) is 48.2 Å². The predicted octanol–water partition coefficient (Wildman–Crippen LogP) is 4.57. The van der Waals surface area contributed by atoms with Crippen molar-refractivity contribution in [3.05, 3.63) is 60.2 Å². The number of rotatable bonds is 6. The number of hydrogen-bond donors (Lipinski definition) is 1. The zero-order valence-electron chi connectivity index (χ0n) is 20.1. The second-order valence-corrected chi connectivity index (χ2v) is 9.64. The molecule has 1 heterocycles. The summed E-state index contributed by atoms with van der Waals surface area (Å²) >= 11 is 0. The van der Waals surface area contributed by atoms with Crippen LogP contribution in [0.1, 0.15) is 56.8 Å². The quantitative estimate of drug-likeness (QED) is 0.518. The molecule has 0 atom stereocenters. The number of Topliss-reactive ketones (excluding diaryl/α,β-unsaturated/α-hetero) is 1. The number of likely N-dealkylation sites (tertiary alicyclic amines) is 1. The molecule has 2 aromatic rings. The number of piperidine rings is 1. The molecule has 0 spiro atoms. The summed E-state index contributed by atoms with van der Waals surface area (Å²) < 4.78 is 0. The van der Waals surface area contributed by atoms with Gasteiger partial charge in [-0.25, -0.2) is 0 Å². The van der Waals surface area contributed by atoms with Gasteiger partial charge in [-0.3, -0.25) is 24.2 Å². The lowest BCUT2D eigenvalue weighted by molar-refractivity contribution is -0.136. The molecule has 33 heavy (non-hydrogen) atoms. The molecule has 0 bridgehead atoms. The number of benzene rings is 2. The number of para-hydroxylation sites is 2. The Kier molecular flexibility index (Phi) is 8.03. The lowest BCUT2D eigenvalue weighted by Crippen LogP contribution is -2.46. The molecule has 1 aliphatic rings. The van der Waals surface area contributed by atoms with Crippen LogP contribution >= 0.6 is 0 Å². The number of carbonyl (C=O) groups is 3. The molecule has 2 amide bonds. The van der Waals surface area contributed by atoms with Crippen LogP contribution in [0.15, 0.2) is 54.6 Å². The minimum absolute atomic E-state index is 0.00510. The van der Waals surface area contributed by atoms with E-state index in [1.54, 1.807) is 48.5 Å². The Morgan fingerprint density at radius 1 is 0.970 bits per heavy atom. The third-order valence-electron chi connectivity index (χ3n) is 6.43. The average molecular weight is 450 g/mol. The molecule has 1 aliphatic heterocycles. The number of likely N-dealkylation sites (N-methyl/N-ethyl adjacent to an activating group) is 1. The summed E-state index contributed by atoms with van der Waals surface area (Å²) in [5.41, 5.74) is 1.62. The molecule has 1 fully saturated rings. The number of ketones is 1. The number of anilines is 2. The second kappa shape index (κ2) is 10.8. The van der Waals surface area contributed by atoms with Gasteiger partial charge in [-0.15, -0.1) is 0 Å². The van der Waals surface area contributed by atoms with E-state index in [1.165, 1.54) is 11.9 Å². The summed E-state index contributed by atoms with van der Waals surface area (Å²) in [5, 5.41) is 2.40. The Hall–Kier alpha value is -2.99. The van der Waals surface area contributed by atoms with Gasteiger partial charge in [-0.2, -0.15) is 0 Å². The zero-order valence-corrected chi connectivity index (χ0v) is 20.1. The predicted molar refractivity (Wildman–Crippen MR) is 132 cm³/mol. The highest BCUT2D eigenvalue weighted by Gasteiger charge is 2.29. The van der Waals surface area contributed by atoms with Gasteiger partial charge in [0.15, 0.2) is 5.78 Å². The molecule has 6 nitrogen and oxygen atoms in total. The Bertz CT molecular complexity index is 974. The molecule has 0 saturated carbocycles. The van der Waals surface area contributed by atoms with Crippen molar-refractivity contribution >= 4 is 29.0 Å². The van der Waals surface area contributed by atoms with Gasteiger partial charge in [0.1, 0.15) is 0 Å². The van der Waals surface area contributed by atoms with E-state index in [0.29, 0.717) is 29.3 Å². The van der Waals surface area contributed by atoms with Gasteiger partial charge in [0.2, 0.25) is 0 Å². The van der Waals surface area contributed by atoms with E-state index in [4.69, 9.17) is 0 Å². The third-order valence-corrected chi connectivity index (χ3v) is 6.43. The van der Waals surface area contributed by atoms with Gasteiger partial charge in [0.25, 0.3) is 0 Å². The number of carbonyl (C=O) groups excluding carboxylic acids is 3. The van der Waals surface area contributed by atoms with E-state index >= 15 is 0 Å². The van der Waals surface area contributed by atoms with E-state index in [2.05, 4.69) is 31.0 Å². The molecule has 176 valence electrons. The molecule has 0 aliphatic carbocycles. The average Bonchev–Trinajstić information content (AvgIpc) is 2.82. The molecule has 0 aromatic heterocycles. The Balaban J connectivity index is 1.77. The van der Waals surface area contributed by atoms with Gasteiger partial charge in [-0.1, -0.05) is 30.3 Å². The van der Waals surface area contributed by atoms with Crippen molar-refractivity contribution < 1.29 is 14.4 Å². The fraction of sp³-hybridized carbons (Fsp3) is 0.444. The number of amides is 2. The largest absolute Gasteiger partial charge is 0.351 e. The highest BCUT2D eigenvalue weighted by Crippen LogP contribution is 2.31. The van der Waals surface area contributed by atoms with Crippen molar-refractivity contribution in [2.45, 2.75) is 52.0 Å². The van der Waals surface area contributed by atoms with Crippen molar-refractivity contribution in [2.75, 3.05) is 25.0 Å². The van der Waals surface area contributed by atoms with Gasteiger partial charge in [0, 0.05) is 30.3 Å². The maximum Gasteiger partial charge on any atom is 0.320 e. The molecule has 1 saturated heterocycles. The van der Waals surface area contributed by atoms with Gasteiger partial charge < -0.3 is 5.32 Å². The molecule has 2 aromatic carbocycles.